The van der Waals surface area contributed by atoms with Crippen LogP contribution in [0, 0.1) is 18.3 Å². The molecule has 29 heavy (non-hydrogen) atoms. The lowest BCUT2D eigenvalue weighted by Crippen LogP contribution is -2.16. The summed E-state index contributed by atoms with van der Waals surface area (Å²) in [5, 5.41) is 14.7. The molecule has 2 aromatic carbocycles. The lowest BCUT2D eigenvalue weighted by molar-refractivity contribution is 0.0600. The number of nitrogens with one attached hydrogen (secondary N) is 2. The number of ether oxygens (including phenoxy) is 1. The van der Waals surface area contributed by atoms with Crippen molar-refractivity contribution >= 4 is 29.1 Å². The van der Waals surface area contributed by atoms with Gasteiger partial charge in [0.05, 0.1) is 24.3 Å². The molecule has 0 saturated heterocycles. The number of nitrogens with zero attached hydrogens (tertiary/aromatic N) is 3. The van der Waals surface area contributed by atoms with Crippen molar-refractivity contribution in [2.75, 3.05) is 17.7 Å². The fourth-order valence-electron chi connectivity index (χ4n) is 2.56. The number of anilines is 3. The van der Waals surface area contributed by atoms with Crippen molar-refractivity contribution in [3.05, 3.63) is 77.2 Å². The van der Waals surface area contributed by atoms with Gasteiger partial charge in [0, 0.05) is 17.4 Å². The molecule has 0 bridgehead atoms. The molecule has 1 aromatic heterocycles. The van der Waals surface area contributed by atoms with Crippen LogP contribution in [0.1, 0.15) is 32.2 Å². The SMILES string of the molecule is COC(=O)c1cccc(NC(=O)c2cc(Nc3ccc(C#N)cc3)nc(C)n2)c1. The fraction of sp³-hybridized carbons (Fsp3) is 0.0952. The molecule has 0 fully saturated rings. The second-order valence-electron chi connectivity index (χ2n) is 6.03. The van der Waals surface area contributed by atoms with Gasteiger partial charge < -0.3 is 15.4 Å². The maximum absolute atomic E-state index is 12.6. The lowest BCUT2D eigenvalue weighted by atomic mass is 10.2. The van der Waals surface area contributed by atoms with Crippen LogP contribution in [-0.4, -0.2) is 29.0 Å². The zero-order chi connectivity index (χ0) is 20.8. The van der Waals surface area contributed by atoms with Crippen LogP contribution in [0.5, 0.6) is 0 Å². The molecule has 0 radical (unpaired) electrons. The second-order valence-corrected chi connectivity index (χ2v) is 6.03. The standard InChI is InChI=1S/C21H17N5O3/c1-13-23-18(11-19(24-13)25-16-8-6-14(12-22)7-9-16)20(27)26-17-5-3-4-15(10-17)21(28)29-2/h3-11H,1-2H3,(H,26,27)(H,23,24,25). The summed E-state index contributed by atoms with van der Waals surface area (Å²) in [5.41, 5.74) is 2.20. The van der Waals surface area contributed by atoms with Crippen molar-refractivity contribution < 1.29 is 14.3 Å². The van der Waals surface area contributed by atoms with E-state index in [-0.39, 0.29) is 5.69 Å². The molecule has 3 aromatic rings. The molecule has 0 spiro atoms. The van der Waals surface area contributed by atoms with Gasteiger partial charge in [0.2, 0.25) is 0 Å². The van der Waals surface area contributed by atoms with Gasteiger partial charge in [-0.25, -0.2) is 14.8 Å². The van der Waals surface area contributed by atoms with Crippen LogP contribution in [0.3, 0.4) is 0 Å². The summed E-state index contributed by atoms with van der Waals surface area (Å²) >= 11 is 0. The molecule has 0 aliphatic heterocycles. The van der Waals surface area contributed by atoms with Crippen molar-refractivity contribution in [2.24, 2.45) is 0 Å². The third kappa shape index (κ3) is 4.93. The van der Waals surface area contributed by atoms with E-state index < -0.39 is 11.9 Å². The van der Waals surface area contributed by atoms with Crippen LogP contribution in [0.4, 0.5) is 17.2 Å². The number of esters is 1. The van der Waals surface area contributed by atoms with E-state index in [9.17, 15) is 9.59 Å². The highest BCUT2D eigenvalue weighted by Crippen LogP contribution is 2.18. The Bertz CT molecular complexity index is 1100. The van der Waals surface area contributed by atoms with Gasteiger partial charge in [-0.15, -0.1) is 0 Å². The Morgan fingerprint density at radius 1 is 1.03 bits per heavy atom. The first kappa shape index (κ1) is 19.5. The summed E-state index contributed by atoms with van der Waals surface area (Å²) in [6, 6.07) is 16.8. The highest BCUT2D eigenvalue weighted by molar-refractivity contribution is 6.04. The maximum atomic E-state index is 12.6. The van der Waals surface area contributed by atoms with E-state index in [2.05, 4.69) is 31.4 Å². The molecular formula is C21H17N5O3. The van der Waals surface area contributed by atoms with Crippen molar-refractivity contribution in [1.29, 1.82) is 5.26 Å². The second kappa shape index (κ2) is 8.63. The van der Waals surface area contributed by atoms with Crippen molar-refractivity contribution in [3.8, 4) is 6.07 Å². The molecule has 1 amide bonds. The van der Waals surface area contributed by atoms with E-state index in [1.165, 1.54) is 19.2 Å². The van der Waals surface area contributed by atoms with E-state index >= 15 is 0 Å². The Labute approximate surface area is 167 Å². The maximum Gasteiger partial charge on any atom is 0.337 e. The summed E-state index contributed by atoms with van der Waals surface area (Å²) in [7, 11) is 1.29. The van der Waals surface area contributed by atoms with Gasteiger partial charge in [0.15, 0.2) is 0 Å². The highest BCUT2D eigenvalue weighted by atomic mass is 16.5. The smallest absolute Gasteiger partial charge is 0.337 e. The first-order valence-electron chi connectivity index (χ1n) is 8.61. The molecule has 0 unspecified atom stereocenters. The average Bonchev–Trinajstić information content (AvgIpc) is 2.73. The fourth-order valence-corrected chi connectivity index (χ4v) is 2.56. The number of hydrogen-bond donors (Lipinski definition) is 2. The summed E-state index contributed by atoms with van der Waals surface area (Å²) < 4.78 is 4.69. The number of benzene rings is 2. The van der Waals surface area contributed by atoms with Crippen LogP contribution < -0.4 is 10.6 Å². The van der Waals surface area contributed by atoms with Crippen LogP contribution in [0.15, 0.2) is 54.6 Å². The Morgan fingerprint density at radius 3 is 2.48 bits per heavy atom. The van der Waals surface area contributed by atoms with Crippen LogP contribution in [0.2, 0.25) is 0 Å². The lowest BCUT2D eigenvalue weighted by Gasteiger charge is -2.10. The van der Waals surface area contributed by atoms with Gasteiger partial charge in [-0.05, 0) is 49.4 Å². The minimum absolute atomic E-state index is 0.164. The van der Waals surface area contributed by atoms with Gasteiger partial charge in [0.25, 0.3) is 5.91 Å². The quantitative estimate of drug-likeness (QED) is 0.644. The highest BCUT2D eigenvalue weighted by Gasteiger charge is 2.13. The predicted molar refractivity (Wildman–Crippen MR) is 107 cm³/mol. The largest absolute Gasteiger partial charge is 0.465 e. The number of aryl methyl sites for hydroxylation is 1. The molecule has 8 heteroatoms. The first-order valence-corrected chi connectivity index (χ1v) is 8.61. The Hall–Kier alpha value is -4.25. The molecule has 2 N–H and O–H groups in total. The summed E-state index contributed by atoms with van der Waals surface area (Å²) in [6.45, 7) is 1.68. The number of hydrogen-bond acceptors (Lipinski definition) is 7. The van der Waals surface area contributed by atoms with Crippen molar-refractivity contribution in [1.82, 2.24) is 9.97 Å². The average molecular weight is 387 g/mol. The zero-order valence-corrected chi connectivity index (χ0v) is 15.8. The van der Waals surface area contributed by atoms with E-state index in [0.29, 0.717) is 28.5 Å². The summed E-state index contributed by atoms with van der Waals surface area (Å²) in [5.74, 6) is -0.0824. The molecule has 3 rings (SSSR count). The number of nitriles is 1. The minimum atomic E-state index is -0.493. The van der Waals surface area contributed by atoms with Crippen LogP contribution in [-0.2, 0) is 4.74 Å². The number of methoxy groups -OCH3 is 1. The Kier molecular flexibility index (Phi) is 5.80. The topological polar surface area (TPSA) is 117 Å². The molecular weight excluding hydrogens is 370 g/mol. The molecule has 144 valence electrons. The zero-order valence-electron chi connectivity index (χ0n) is 15.8. The van der Waals surface area contributed by atoms with Crippen molar-refractivity contribution in [3.63, 3.8) is 0 Å². The number of rotatable bonds is 5. The predicted octanol–water partition coefficient (Wildman–Crippen LogP) is 3.44. The van der Waals surface area contributed by atoms with E-state index in [0.717, 1.165) is 5.69 Å². The summed E-state index contributed by atoms with van der Waals surface area (Å²) in [6.07, 6.45) is 0. The Morgan fingerprint density at radius 2 is 1.79 bits per heavy atom. The van der Waals surface area contributed by atoms with Crippen LogP contribution >= 0.6 is 0 Å². The monoisotopic (exact) mass is 387 g/mol. The number of carbonyl (C=O) groups is 2. The van der Waals surface area contributed by atoms with Crippen LogP contribution in [0.25, 0.3) is 0 Å². The molecule has 0 aliphatic carbocycles. The molecule has 1 heterocycles. The summed E-state index contributed by atoms with van der Waals surface area (Å²) in [4.78, 5) is 32.7. The van der Waals surface area contributed by atoms with Gasteiger partial charge in [-0.2, -0.15) is 5.26 Å². The van der Waals surface area contributed by atoms with Gasteiger partial charge in [-0.1, -0.05) is 6.07 Å². The first-order chi connectivity index (χ1) is 14.0. The third-order valence-electron chi connectivity index (χ3n) is 3.90. The van der Waals surface area contributed by atoms with E-state index in [4.69, 9.17) is 5.26 Å². The molecule has 8 nitrogen and oxygen atoms in total. The molecule has 0 aliphatic rings. The number of aromatic nitrogens is 2. The molecule has 0 atom stereocenters. The van der Waals surface area contributed by atoms with Gasteiger partial charge in [0.1, 0.15) is 17.3 Å². The van der Waals surface area contributed by atoms with Gasteiger partial charge >= 0.3 is 5.97 Å². The van der Waals surface area contributed by atoms with E-state index in [1.54, 1.807) is 49.4 Å². The third-order valence-corrected chi connectivity index (χ3v) is 3.90. The molecule has 0 saturated carbocycles. The minimum Gasteiger partial charge on any atom is -0.465 e. The normalized spacial score (nSPS) is 9.97. The van der Waals surface area contributed by atoms with Crippen molar-refractivity contribution in [2.45, 2.75) is 6.92 Å². The van der Waals surface area contributed by atoms with E-state index in [1.807, 2.05) is 0 Å². The number of amides is 1. The van der Waals surface area contributed by atoms with Gasteiger partial charge in [-0.3, -0.25) is 4.79 Å². The number of carbonyl (C=O) groups excluding carboxylic acids is 2. The Balaban J connectivity index is 1.79.